The number of halogens is 1. The third-order valence-corrected chi connectivity index (χ3v) is 23.8. The zero-order chi connectivity index (χ0) is 56.4. The summed E-state index contributed by atoms with van der Waals surface area (Å²) >= 11 is -4.69. The molecule has 402 valence electrons. The van der Waals surface area contributed by atoms with Crippen LogP contribution in [0.15, 0.2) is 202 Å². The molecule has 0 N–H and O–H groups in total. The third-order valence-electron chi connectivity index (χ3n) is 13.4. The van der Waals surface area contributed by atoms with Crippen LogP contribution in [0.4, 0.5) is 11.6 Å². The molecule has 0 amide bonds. The molecule has 0 radical (unpaired) electrons. The molecule has 0 unspecified atom stereocenters. The second-order valence-electron chi connectivity index (χ2n) is 18.3. The molecular weight excluding hydrogens is 1380 g/mol. The van der Waals surface area contributed by atoms with Crippen molar-refractivity contribution in [2.75, 3.05) is 0 Å². The Morgan fingerprint density at radius 1 is 0.375 bits per heavy atom. The van der Waals surface area contributed by atoms with E-state index in [1.165, 1.54) is 36.4 Å². The number of rotatable bonds is 11. The van der Waals surface area contributed by atoms with E-state index < -0.39 is 65.9 Å². The van der Waals surface area contributed by atoms with Crippen LogP contribution in [0, 0.1) is 18.2 Å². The molecule has 0 fully saturated rings. The summed E-state index contributed by atoms with van der Waals surface area (Å²) < 4.78 is 140. The number of aliphatic imine (C=N–C) groups is 4. The number of aromatic nitrogens is 2. The molecule has 10 aromatic rings. The maximum Gasteiger partial charge on any atom is 1.00 e. The summed E-state index contributed by atoms with van der Waals surface area (Å²) in [4.78, 5) is 29.8. The molecule has 32 heteroatoms. The molecule has 6 bridgehead atoms. The van der Waals surface area contributed by atoms with E-state index in [-0.39, 0.29) is 291 Å². The Morgan fingerprint density at radius 2 is 0.727 bits per heavy atom. The second-order valence-corrected chi connectivity index (χ2v) is 29.8. The van der Waals surface area contributed by atoms with Crippen LogP contribution in [0.5, 0.6) is 46.0 Å². The first-order valence-electron chi connectivity index (χ1n) is 24.1. The molecular formula is C56H26ClInN8Na6O13S3. The molecule has 4 aliphatic heterocycles. The number of nitrogens with zero attached hydrogens (tertiary/aromatic N) is 8. The number of amidine groups is 4. The van der Waals surface area contributed by atoms with Crippen LogP contribution >= 0.6 is 8.58 Å². The summed E-state index contributed by atoms with van der Waals surface area (Å²) in [5.41, 5.74) is 1.46. The number of ether oxygens (including phenoxy) is 4. The smallest absolute Gasteiger partial charge is 1.00 e. The van der Waals surface area contributed by atoms with Gasteiger partial charge in [-0.25, -0.2) is 16.8 Å². The first-order chi connectivity index (χ1) is 39.4. The Balaban J connectivity index is 0.00000167. The fourth-order valence-electron chi connectivity index (χ4n) is 9.81. The van der Waals surface area contributed by atoms with Gasteiger partial charge in [-0.2, -0.15) is 0 Å². The van der Waals surface area contributed by atoms with Gasteiger partial charge in [0.15, 0.2) is 0 Å². The maximum atomic E-state index is 13.0. The van der Waals surface area contributed by atoms with Gasteiger partial charge in [-0.05, 0) is 0 Å². The predicted molar refractivity (Wildman–Crippen MR) is 293 cm³/mol. The molecule has 88 heavy (non-hydrogen) atoms. The minimum absolute atomic E-state index is 0. The Bertz CT molecular complexity index is 5070. The van der Waals surface area contributed by atoms with Gasteiger partial charge in [0.2, 0.25) is 0 Å². The fraction of sp³-hybridized carbons (Fsp3) is 0. The SMILES string of the molecule is O=S(=O)([O-])c1ccc(Oc2ccc(Oc3cc[c-]cc3)c3c2C2=Nc4c5ccc(S(=O)(=O)[O-])cc5c5[n]4[In]([Cl])[n]4c(c6c[c-]ccc6c4=NC4=NC(=N5)c5c(Oc6ccc(S(=O)(=O)[O-])cc6)ccc(Oc6cc[c-]cc6)c54)=NC3=N2)cc1.[Na+].[Na+].[Na+].[Na+].[Na+].[Na+]. The van der Waals surface area contributed by atoms with Gasteiger partial charge in [-0.3, -0.25) is 0 Å². The average Bonchev–Trinajstić information content (AvgIpc) is 1.60. The zero-order valence-electron chi connectivity index (χ0n) is 47.1. The molecule has 2 aromatic heterocycles. The van der Waals surface area contributed by atoms with Gasteiger partial charge < -0.3 is 9.11 Å². The number of hydrogen-bond donors (Lipinski definition) is 0. The molecule has 8 aromatic carbocycles. The van der Waals surface area contributed by atoms with Crippen LogP contribution in [-0.2, 0) is 30.4 Å². The van der Waals surface area contributed by atoms with Gasteiger partial charge in [0.25, 0.3) is 0 Å². The van der Waals surface area contributed by atoms with Gasteiger partial charge in [-0.1, -0.05) is 0 Å². The summed E-state index contributed by atoms with van der Waals surface area (Å²) in [6.45, 7) is 0. The van der Waals surface area contributed by atoms with E-state index in [9.17, 15) is 38.9 Å². The van der Waals surface area contributed by atoms with Crippen molar-refractivity contribution in [2.45, 2.75) is 14.7 Å². The van der Waals surface area contributed by atoms with Crippen molar-refractivity contribution in [3.05, 3.63) is 209 Å². The van der Waals surface area contributed by atoms with Crippen molar-refractivity contribution in [1.82, 2.24) is 5.11 Å². The quantitative estimate of drug-likeness (QED) is 0.0662. The molecule has 0 saturated heterocycles. The number of fused-ring (bicyclic) bond motifs is 14. The molecule has 0 aliphatic carbocycles. The molecule has 21 nitrogen and oxygen atoms in total. The largest absolute Gasteiger partial charge is 1.00 e. The molecule has 6 heterocycles. The van der Waals surface area contributed by atoms with E-state index in [1.807, 2.05) is 0 Å². The van der Waals surface area contributed by atoms with E-state index in [2.05, 4.69) is 18.2 Å². The Kier molecular flexibility index (Phi) is 22.6. The van der Waals surface area contributed by atoms with Crippen LogP contribution < -0.4 is 207 Å². The zero-order valence-corrected chi connectivity index (χ0v) is 65.6. The van der Waals surface area contributed by atoms with Crippen molar-refractivity contribution in [1.29, 1.82) is 0 Å². The van der Waals surface area contributed by atoms with Gasteiger partial charge in [0.05, 0.1) is 0 Å². The van der Waals surface area contributed by atoms with Gasteiger partial charge in [0.1, 0.15) is 0 Å². The summed E-state index contributed by atoms with van der Waals surface area (Å²) in [7, 11) is -6.60. The summed E-state index contributed by atoms with van der Waals surface area (Å²) in [5, 5.41) is 1.36. The second kappa shape index (κ2) is 28.0. The maximum absolute atomic E-state index is 13.0. The van der Waals surface area contributed by atoms with Crippen molar-refractivity contribution >= 4 is 116 Å². The molecule has 0 atom stereocenters. The molecule has 14 rings (SSSR count). The predicted octanol–water partition coefficient (Wildman–Crippen LogP) is -9.53. The Morgan fingerprint density at radius 3 is 1.14 bits per heavy atom. The monoisotopic (exact) mass is 1400 g/mol. The third kappa shape index (κ3) is 13.4. The van der Waals surface area contributed by atoms with Crippen LogP contribution in [0.3, 0.4) is 0 Å². The first kappa shape index (κ1) is 71.1. The molecule has 0 saturated carbocycles. The van der Waals surface area contributed by atoms with Crippen LogP contribution in [0.2, 0.25) is 0 Å². The molecule has 4 aliphatic rings. The van der Waals surface area contributed by atoms with Crippen molar-refractivity contribution in [3.63, 3.8) is 0 Å². The van der Waals surface area contributed by atoms with Gasteiger partial charge >= 0.3 is 630 Å². The van der Waals surface area contributed by atoms with Crippen LogP contribution in [0.25, 0.3) is 21.5 Å². The number of benzene rings is 8. The van der Waals surface area contributed by atoms with Gasteiger partial charge in [0, 0.05) is 0 Å². The van der Waals surface area contributed by atoms with Gasteiger partial charge in [-0.15, -0.1) is 0 Å². The first-order valence-corrected chi connectivity index (χ1v) is 35.5. The van der Waals surface area contributed by atoms with Crippen molar-refractivity contribution in [2.24, 2.45) is 30.0 Å². The fourth-order valence-corrected chi connectivity index (χ4v) is 18.9. The van der Waals surface area contributed by atoms with Crippen molar-refractivity contribution in [3.8, 4) is 46.0 Å². The minimum atomic E-state index is -5.13. The van der Waals surface area contributed by atoms with E-state index in [0.717, 1.165) is 30.3 Å². The topological polar surface area (TPSA) is 293 Å². The normalized spacial score (nSPS) is 13.2. The summed E-state index contributed by atoms with van der Waals surface area (Å²) in [5.74, 6) is 1.85. The Hall–Kier alpha value is -2.79. The summed E-state index contributed by atoms with van der Waals surface area (Å²) in [6, 6.07) is 47.5. The van der Waals surface area contributed by atoms with Crippen molar-refractivity contribution < 1.29 is 235 Å². The average molecular weight is 1400 g/mol. The van der Waals surface area contributed by atoms with E-state index in [0.29, 0.717) is 22.3 Å². The molecule has 0 spiro atoms. The van der Waals surface area contributed by atoms with E-state index in [1.54, 1.807) is 96.1 Å². The van der Waals surface area contributed by atoms with E-state index >= 15 is 0 Å². The van der Waals surface area contributed by atoms with Crippen LogP contribution in [-0.4, -0.2) is 88.2 Å². The Labute approximate surface area is 646 Å². The van der Waals surface area contributed by atoms with Crippen LogP contribution in [0.1, 0.15) is 22.3 Å². The number of hydrogen-bond acceptors (Lipinski definition) is 19. The standard InChI is InChI=1S/C56H29N8O13S3.ClH.In.6Na/c65-78(66,67)34-19-15-32(16-20-34)76-43-27-25-41(74-30-9-3-1-4-10-30)45-47(43)55-61-51-39-24-23-36(80(71,72)73)29-40(39)52(58-51)62-56-48-44(77-33-17-21-35(22-18-33)79(68,69)70)28-26-42(75-31-11-5-2-6-12-31)46(48)54(64-56)60-50-38-14-8-7-13-37(38)49(57-50)59-53(45)63-55;;;;;;;;/h3-6,8-29H,(H3-2,57,58,59,60,61,62,63,64,65,66,67,68,69,70,71,72,73);1H;;;;;;;/q-5;;+3;6*+1/p-4. The summed E-state index contributed by atoms with van der Waals surface area (Å²) in [6.07, 6.45) is 0. The van der Waals surface area contributed by atoms with E-state index in [4.69, 9.17) is 57.5 Å². The minimum Gasteiger partial charge on any atom is 1.00 e.